The Labute approximate surface area is 104 Å². The zero-order valence-electron chi connectivity index (χ0n) is 9.01. The molecule has 1 aromatic carbocycles. The maximum Gasteiger partial charge on any atom is 0.0789 e. The van der Waals surface area contributed by atoms with Gasteiger partial charge in [-0.1, -0.05) is 11.6 Å². The van der Waals surface area contributed by atoms with Crippen LogP contribution in [0.4, 0.5) is 5.69 Å². The molecular formula is C11H15BrClNO. The van der Waals surface area contributed by atoms with Gasteiger partial charge in [0.1, 0.15) is 0 Å². The first kappa shape index (κ1) is 12.8. The smallest absolute Gasteiger partial charge is 0.0789 e. The van der Waals surface area contributed by atoms with Crippen molar-refractivity contribution in [3.63, 3.8) is 0 Å². The number of rotatable bonds is 3. The minimum absolute atomic E-state index is 0.0465. The maximum atomic E-state index is 9.77. The molecule has 0 saturated carbocycles. The second-order valence-electron chi connectivity index (χ2n) is 4.15. The average molecular weight is 293 g/mol. The lowest BCUT2D eigenvalue weighted by Gasteiger charge is -2.27. The van der Waals surface area contributed by atoms with Crippen molar-refractivity contribution in [2.24, 2.45) is 0 Å². The number of halogens is 2. The van der Waals surface area contributed by atoms with Gasteiger partial charge >= 0.3 is 0 Å². The first-order valence-electron chi connectivity index (χ1n) is 4.74. The largest absolute Gasteiger partial charge is 0.388 e. The van der Waals surface area contributed by atoms with Crippen molar-refractivity contribution in [1.82, 2.24) is 0 Å². The summed E-state index contributed by atoms with van der Waals surface area (Å²) in [4.78, 5) is 0. The monoisotopic (exact) mass is 291 g/mol. The van der Waals surface area contributed by atoms with E-state index in [0.29, 0.717) is 5.02 Å². The molecule has 1 rings (SSSR count). The van der Waals surface area contributed by atoms with Crippen LogP contribution in [0.1, 0.15) is 20.8 Å². The third-order valence-corrected chi connectivity index (χ3v) is 3.59. The number of hydrogen-bond acceptors (Lipinski definition) is 2. The van der Waals surface area contributed by atoms with Crippen LogP contribution in [-0.4, -0.2) is 16.7 Å². The molecule has 1 atom stereocenters. The van der Waals surface area contributed by atoms with Crippen molar-refractivity contribution in [1.29, 1.82) is 0 Å². The van der Waals surface area contributed by atoms with E-state index in [1.165, 1.54) is 0 Å². The molecule has 15 heavy (non-hydrogen) atoms. The Balaban J connectivity index is 2.78. The molecule has 0 aliphatic heterocycles. The highest BCUT2D eigenvalue weighted by molar-refractivity contribution is 9.10. The van der Waals surface area contributed by atoms with Gasteiger partial charge in [0.25, 0.3) is 0 Å². The van der Waals surface area contributed by atoms with Crippen LogP contribution < -0.4 is 5.32 Å². The lowest BCUT2D eigenvalue weighted by molar-refractivity contribution is 0.0649. The van der Waals surface area contributed by atoms with Crippen LogP contribution in [-0.2, 0) is 0 Å². The van der Waals surface area contributed by atoms with E-state index in [1.54, 1.807) is 13.8 Å². The van der Waals surface area contributed by atoms with Gasteiger partial charge in [0.2, 0.25) is 0 Å². The van der Waals surface area contributed by atoms with Crippen molar-refractivity contribution in [2.75, 3.05) is 5.32 Å². The number of benzene rings is 1. The van der Waals surface area contributed by atoms with Crippen LogP contribution in [0, 0.1) is 0 Å². The Kier molecular flexibility index (Phi) is 4.04. The van der Waals surface area contributed by atoms with E-state index < -0.39 is 5.60 Å². The van der Waals surface area contributed by atoms with E-state index in [1.807, 2.05) is 25.1 Å². The van der Waals surface area contributed by atoms with Crippen molar-refractivity contribution in [3.05, 3.63) is 27.7 Å². The van der Waals surface area contributed by atoms with Crippen molar-refractivity contribution >= 4 is 33.2 Å². The van der Waals surface area contributed by atoms with E-state index in [4.69, 9.17) is 11.6 Å². The highest BCUT2D eigenvalue weighted by Crippen LogP contribution is 2.26. The van der Waals surface area contributed by atoms with Gasteiger partial charge in [0, 0.05) is 10.2 Å². The Morgan fingerprint density at radius 3 is 2.53 bits per heavy atom. The molecule has 0 radical (unpaired) electrons. The molecule has 2 N–H and O–H groups in total. The molecule has 0 heterocycles. The summed E-state index contributed by atoms with van der Waals surface area (Å²) in [5.74, 6) is 0. The number of aliphatic hydroxyl groups is 1. The van der Waals surface area contributed by atoms with E-state index in [9.17, 15) is 5.11 Å². The fraction of sp³-hybridized carbons (Fsp3) is 0.455. The predicted molar refractivity (Wildman–Crippen MR) is 68.5 cm³/mol. The van der Waals surface area contributed by atoms with E-state index in [2.05, 4.69) is 21.2 Å². The van der Waals surface area contributed by atoms with Crippen LogP contribution in [0.5, 0.6) is 0 Å². The zero-order valence-corrected chi connectivity index (χ0v) is 11.4. The van der Waals surface area contributed by atoms with Gasteiger partial charge in [-0.15, -0.1) is 0 Å². The number of anilines is 1. The summed E-state index contributed by atoms with van der Waals surface area (Å²) in [6, 6.07) is 5.57. The van der Waals surface area contributed by atoms with Gasteiger partial charge in [-0.2, -0.15) is 0 Å². The predicted octanol–water partition coefficient (Wildman–Crippen LogP) is 3.67. The van der Waals surface area contributed by atoms with Crippen molar-refractivity contribution in [3.8, 4) is 0 Å². The molecule has 1 aromatic rings. The maximum absolute atomic E-state index is 9.77. The second-order valence-corrected chi connectivity index (χ2v) is 5.41. The summed E-state index contributed by atoms with van der Waals surface area (Å²) in [6.07, 6.45) is 0. The van der Waals surface area contributed by atoms with Crippen LogP contribution in [0.3, 0.4) is 0 Å². The third-order valence-electron chi connectivity index (χ3n) is 2.36. The van der Waals surface area contributed by atoms with Crippen molar-refractivity contribution < 1.29 is 5.11 Å². The molecule has 0 amide bonds. The van der Waals surface area contributed by atoms with Gasteiger partial charge < -0.3 is 10.4 Å². The minimum atomic E-state index is -0.764. The standard InChI is InChI=1S/C11H15BrClNO/c1-7(11(2,3)15)14-8-4-5-9(12)10(13)6-8/h4-7,14-15H,1-3H3. The SMILES string of the molecule is CC(Nc1ccc(Br)c(Cl)c1)C(C)(C)O. The summed E-state index contributed by atoms with van der Waals surface area (Å²) >= 11 is 9.29. The van der Waals surface area contributed by atoms with E-state index >= 15 is 0 Å². The molecule has 0 aliphatic carbocycles. The summed E-state index contributed by atoms with van der Waals surface area (Å²) in [6.45, 7) is 5.46. The highest BCUT2D eigenvalue weighted by Gasteiger charge is 2.21. The highest BCUT2D eigenvalue weighted by atomic mass is 79.9. The normalized spacial score (nSPS) is 13.7. The lowest BCUT2D eigenvalue weighted by atomic mass is 10.0. The van der Waals surface area contributed by atoms with Gasteiger partial charge in [0.15, 0.2) is 0 Å². The van der Waals surface area contributed by atoms with Crippen LogP contribution in [0.25, 0.3) is 0 Å². The topological polar surface area (TPSA) is 32.3 Å². The third kappa shape index (κ3) is 3.67. The summed E-state index contributed by atoms with van der Waals surface area (Å²) in [5.41, 5.74) is 0.136. The Hall–Kier alpha value is -0.250. The molecule has 1 unspecified atom stereocenters. The average Bonchev–Trinajstić information content (AvgIpc) is 2.10. The summed E-state index contributed by atoms with van der Waals surface area (Å²) in [7, 11) is 0. The molecule has 0 aromatic heterocycles. The first-order chi connectivity index (χ1) is 6.80. The van der Waals surface area contributed by atoms with Gasteiger partial charge in [-0.05, 0) is 54.9 Å². The van der Waals surface area contributed by atoms with Gasteiger partial charge in [-0.25, -0.2) is 0 Å². The molecule has 2 nitrogen and oxygen atoms in total. The van der Waals surface area contributed by atoms with Gasteiger partial charge in [0.05, 0.1) is 16.7 Å². The van der Waals surface area contributed by atoms with Crippen LogP contribution in [0.15, 0.2) is 22.7 Å². The van der Waals surface area contributed by atoms with Gasteiger partial charge in [-0.3, -0.25) is 0 Å². The molecule has 4 heteroatoms. The van der Waals surface area contributed by atoms with Crippen molar-refractivity contribution in [2.45, 2.75) is 32.4 Å². The van der Waals surface area contributed by atoms with Crippen LogP contribution >= 0.6 is 27.5 Å². The quantitative estimate of drug-likeness (QED) is 0.891. The molecule has 0 spiro atoms. The molecular weight excluding hydrogens is 277 g/mol. The molecule has 84 valence electrons. The Bertz CT molecular complexity index is 349. The number of hydrogen-bond donors (Lipinski definition) is 2. The minimum Gasteiger partial charge on any atom is -0.388 e. The molecule has 0 saturated heterocycles. The molecule has 0 fully saturated rings. The molecule has 0 aliphatic rings. The second kappa shape index (κ2) is 4.73. The lowest BCUT2D eigenvalue weighted by Crippen LogP contribution is -2.39. The van der Waals surface area contributed by atoms with Crippen LogP contribution in [0.2, 0.25) is 5.02 Å². The Morgan fingerprint density at radius 2 is 2.07 bits per heavy atom. The summed E-state index contributed by atoms with van der Waals surface area (Å²) in [5, 5.41) is 13.6. The van der Waals surface area contributed by atoms with E-state index in [-0.39, 0.29) is 6.04 Å². The van der Waals surface area contributed by atoms with E-state index in [0.717, 1.165) is 10.2 Å². The number of nitrogens with one attached hydrogen (secondary N) is 1. The molecule has 0 bridgehead atoms. The fourth-order valence-electron chi connectivity index (χ4n) is 1.01. The first-order valence-corrected chi connectivity index (χ1v) is 5.92. The Morgan fingerprint density at radius 1 is 1.47 bits per heavy atom. The zero-order chi connectivity index (χ0) is 11.6. The summed E-state index contributed by atoms with van der Waals surface area (Å²) < 4.78 is 0.866. The fourth-order valence-corrected chi connectivity index (χ4v) is 1.44.